The van der Waals surface area contributed by atoms with Crippen molar-refractivity contribution in [3.8, 4) is 11.8 Å². The monoisotopic (exact) mass is 445 g/mol. The minimum atomic E-state index is -0.660. The Labute approximate surface area is 189 Å². The van der Waals surface area contributed by atoms with Crippen LogP contribution in [-0.4, -0.2) is 33.8 Å². The van der Waals surface area contributed by atoms with Crippen LogP contribution in [0.3, 0.4) is 0 Å². The number of thioether (sulfide) groups is 1. The second kappa shape index (κ2) is 10.1. The zero-order chi connectivity index (χ0) is 22.3. The van der Waals surface area contributed by atoms with Crippen LogP contribution in [0.1, 0.15) is 16.8 Å². The molecule has 7 heteroatoms. The minimum absolute atomic E-state index is 0.264. The molecule has 0 radical (unpaired) electrons. The van der Waals surface area contributed by atoms with E-state index in [0.29, 0.717) is 22.7 Å². The van der Waals surface area contributed by atoms with Crippen molar-refractivity contribution in [2.75, 3.05) is 11.1 Å². The van der Waals surface area contributed by atoms with Gasteiger partial charge in [0.2, 0.25) is 11.8 Å². The number of carbonyl (C=O) groups is 2. The average molecular weight is 446 g/mol. The Bertz CT molecular complexity index is 1190. The van der Waals surface area contributed by atoms with Crippen molar-refractivity contribution in [2.24, 2.45) is 0 Å². The molecule has 3 aromatic rings. The number of hydrogen-bond donors (Lipinski definition) is 2. The van der Waals surface area contributed by atoms with E-state index < -0.39 is 11.3 Å². The first kappa shape index (κ1) is 21.6. The molecule has 2 heterocycles. The molecule has 0 aliphatic carbocycles. The Balaban J connectivity index is 1.35. The lowest BCUT2D eigenvalue weighted by molar-refractivity contribution is -0.126. The van der Waals surface area contributed by atoms with Crippen LogP contribution in [0.5, 0.6) is 0 Å². The summed E-state index contributed by atoms with van der Waals surface area (Å²) in [4.78, 5) is 29.3. The summed E-state index contributed by atoms with van der Waals surface area (Å²) in [6.45, 7) is 0. The number of hydrogen-bond acceptors (Lipinski definition) is 4. The topological polar surface area (TPSA) is 71.1 Å². The van der Waals surface area contributed by atoms with Gasteiger partial charge in [0, 0.05) is 23.2 Å². The van der Waals surface area contributed by atoms with Crippen LogP contribution in [0.15, 0.2) is 72.9 Å². The fourth-order valence-electron chi connectivity index (χ4n) is 3.23. The highest BCUT2D eigenvalue weighted by Crippen LogP contribution is 2.24. The number of carbonyl (C=O) groups excluding carboxylic acids is 2. The summed E-state index contributed by atoms with van der Waals surface area (Å²) >= 11 is 1.36. The van der Waals surface area contributed by atoms with Gasteiger partial charge in [-0.15, -0.1) is 11.8 Å². The van der Waals surface area contributed by atoms with Crippen LogP contribution in [0.25, 0.3) is 0 Å². The fraction of sp³-hybridized carbons (Fsp3) is 0.160. The van der Waals surface area contributed by atoms with E-state index in [1.807, 2.05) is 24.3 Å². The number of benzene rings is 2. The number of halogens is 1. The first-order valence-electron chi connectivity index (χ1n) is 10.1. The molecular formula is C25H20FN3O2S. The fourth-order valence-corrected chi connectivity index (χ4v) is 4.40. The SMILES string of the molecule is O=C(Nc1cccc(C#Cc2ccccn2)c1)[C@@H]1CS[C@H](Cc2ccccc2F)C(=O)N1. The van der Waals surface area contributed by atoms with E-state index in [-0.39, 0.29) is 24.1 Å². The standard InChI is InChI=1S/C25H20FN3O2S/c26-21-10-2-1-7-18(21)15-23-25(31)29-22(16-32-23)24(30)28-20-9-5-6-17(14-20)11-12-19-8-3-4-13-27-19/h1-10,13-14,22-23H,15-16H2,(H,28,30)(H,29,31)/t22-,23+/m0/s1. The van der Waals surface area contributed by atoms with E-state index in [1.165, 1.54) is 17.8 Å². The number of aromatic nitrogens is 1. The van der Waals surface area contributed by atoms with Crippen LogP contribution < -0.4 is 10.6 Å². The lowest BCUT2D eigenvalue weighted by Gasteiger charge is -2.28. The quantitative estimate of drug-likeness (QED) is 0.604. The van der Waals surface area contributed by atoms with Gasteiger partial charge in [-0.05, 0) is 54.3 Å². The van der Waals surface area contributed by atoms with Crippen LogP contribution in [0.4, 0.5) is 10.1 Å². The molecule has 32 heavy (non-hydrogen) atoms. The minimum Gasteiger partial charge on any atom is -0.343 e. The molecule has 1 aliphatic heterocycles. The van der Waals surface area contributed by atoms with E-state index >= 15 is 0 Å². The Kier molecular flexibility index (Phi) is 6.83. The van der Waals surface area contributed by atoms with E-state index in [4.69, 9.17) is 0 Å². The zero-order valence-corrected chi connectivity index (χ0v) is 17.9. The summed E-state index contributed by atoms with van der Waals surface area (Å²) in [7, 11) is 0. The van der Waals surface area contributed by atoms with Crippen molar-refractivity contribution >= 4 is 29.3 Å². The molecule has 0 spiro atoms. The average Bonchev–Trinajstić information content (AvgIpc) is 2.81. The molecule has 0 unspecified atom stereocenters. The molecule has 0 bridgehead atoms. The maximum absolute atomic E-state index is 13.9. The predicted octanol–water partition coefficient (Wildman–Crippen LogP) is 3.40. The Morgan fingerprint density at radius 3 is 2.75 bits per heavy atom. The molecule has 4 rings (SSSR count). The summed E-state index contributed by atoms with van der Waals surface area (Å²) in [6, 6.07) is 18.5. The Morgan fingerprint density at radius 2 is 1.97 bits per heavy atom. The zero-order valence-electron chi connectivity index (χ0n) is 17.0. The molecule has 2 atom stereocenters. The summed E-state index contributed by atoms with van der Waals surface area (Å²) in [5.41, 5.74) is 2.48. The number of pyridine rings is 1. The van der Waals surface area contributed by atoms with Crippen LogP contribution in [0, 0.1) is 17.7 Å². The molecule has 1 aliphatic rings. The molecule has 0 saturated carbocycles. The van der Waals surface area contributed by atoms with Crippen molar-refractivity contribution < 1.29 is 14.0 Å². The van der Waals surface area contributed by atoms with Crippen LogP contribution >= 0.6 is 11.8 Å². The number of amides is 2. The molecule has 1 fully saturated rings. The summed E-state index contributed by atoms with van der Waals surface area (Å²) in [5.74, 6) is 5.53. The molecule has 1 saturated heterocycles. The van der Waals surface area contributed by atoms with Gasteiger partial charge >= 0.3 is 0 Å². The van der Waals surface area contributed by atoms with E-state index in [2.05, 4.69) is 27.5 Å². The van der Waals surface area contributed by atoms with Gasteiger partial charge in [-0.1, -0.05) is 36.3 Å². The largest absolute Gasteiger partial charge is 0.343 e. The van der Waals surface area contributed by atoms with Crippen LogP contribution in [-0.2, 0) is 16.0 Å². The highest BCUT2D eigenvalue weighted by Gasteiger charge is 2.32. The normalized spacial score (nSPS) is 17.6. The predicted molar refractivity (Wildman–Crippen MR) is 124 cm³/mol. The van der Waals surface area contributed by atoms with Gasteiger partial charge in [0.15, 0.2) is 0 Å². The molecule has 160 valence electrons. The highest BCUT2D eigenvalue weighted by atomic mass is 32.2. The smallest absolute Gasteiger partial charge is 0.247 e. The third kappa shape index (κ3) is 5.54. The summed E-state index contributed by atoms with van der Waals surface area (Å²) < 4.78 is 13.9. The van der Waals surface area contributed by atoms with Gasteiger partial charge < -0.3 is 10.6 Å². The number of rotatable bonds is 4. The molecular weight excluding hydrogens is 425 g/mol. The van der Waals surface area contributed by atoms with E-state index in [9.17, 15) is 14.0 Å². The van der Waals surface area contributed by atoms with Gasteiger partial charge in [0.25, 0.3) is 0 Å². The number of nitrogens with zero attached hydrogens (tertiary/aromatic N) is 1. The number of anilines is 1. The first-order chi connectivity index (χ1) is 15.6. The van der Waals surface area contributed by atoms with Crippen molar-refractivity contribution in [3.63, 3.8) is 0 Å². The molecule has 2 aromatic carbocycles. The third-order valence-corrected chi connectivity index (χ3v) is 6.19. The first-order valence-corrected chi connectivity index (χ1v) is 11.1. The second-order valence-electron chi connectivity index (χ2n) is 7.21. The third-order valence-electron chi connectivity index (χ3n) is 4.88. The maximum atomic E-state index is 13.9. The van der Waals surface area contributed by atoms with Gasteiger partial charge in [-0.3, -0.25) is 9.59 Å². The van der Waals surface area contributed by atoms with Gasteiger partial charge in [0.1, 0.15) is 17.6 Å². The Morgan fingerprint density at radius 1 is 1.12 bits per heavy atom. The molecule has 2 amide bonds. The Hall–Kier alpha value is -3.63. The summed E-state index contributed by atoms with van der Waals surface area (Å²) in [6.07, 6.45) is 1.96. The maximum Gasteiger partial charge on any atom is 0.247 e. The van der Waals surface area contributed by atoms with Gasteiger partial charge in [-0.25, -0.2) is 9.37 Å². The summed E-state index contributed by atoms with van der Waals surface area (Å²) in [5, 5.41) is 5.16. The second-order valence-corrected chi connectivity index (χ2v) is 8.45. The molecule has 1 aromatic heterocycles. The van der Waals surface area contributed by atoms with Crippen molar-refractivity contribution in [2.45, 2.75) is 17.7 Å². The van der Waals surface area contributed by atoms with E-state index in [0.717, 1.165) is 5.56 Å². The molecule has 2 N–H and O–H groups in total. The molecule has 5 nitrogen and oxygen atoms in total. The van der Waals surface area contributed by atoms with Crippen molar-refractivity contribution in [1.29, 1.82) is 0 Å². The van der Waals surface area contributed by atoms with Gasteiger partial charge in [0.05, 0.1) is 5.25 Å². The van der Waals surface area contributed by atoms with Crippen molar-refractivity contribution in [1.82, 2.24) is 10.3 Å². The lowest BCUT2D eigenvalue weighted by Crippen LogP contribution is -2.52. The van der Waals surface area contributed by atoms with Crippen molar-refractivity contribution in [3.05, 3.63) is 95.6 Å². The van der Waals surface area contributed by atoms with Gasteiger partial charge in [-0.2, -0.15) is 0 Å². The lowest BCUT2D eigenvalue weighted by atomic mass is 10.1. The number of nitrogens with one attached hydrogen (secondary N) is 2. The highest BCUT2D eigenvalue weighted by molar-refractivity contribution is 8.00. The van der Waals surface area contributed by atoms with E-state index in [1.54, 1.807) is 42.6 Å². The van der Waals surface area contributed by atoms with Crippen LogP contribution in [0.2, 0.25) is 0 Å².